The maximum absolute atomic E-state index is 13.3. The second-order valence-electron chi connectivity index (χ2n) is 5.22. The van der Waals surface area contributed by atoms with E-state index in [1.54, 1.807) is 19.2 Å². The second-order valence-corrected chi connectivity index (χ2v) is 5.22. The molecule has 3 nitrogen and oxygen atoms in total. The highest BCUT2D eigenvalue weighted by molar-refractivity contribution is 5.33. The first-order valence-electron chi connectivity index (χ1n) is 6.91. The predicted molar refractivity (Wildman–Crippen MR) is 74.8 cm³/mol. The van der Waals surface area contributed by atoms with Gasteiger partial charge in [-0.05, 0) is 29.7 Å². The number of hydrogen-bond acceptors (Lipinski definition) is 3. The summed E-state index contributed by atoms with van der Waals surface area (Å²) in [5.41, 5.74) is 8.54. The lowest BCUT2D eigenvalue weighted by atomic mass is 9.90. The number of methoxy groups -OCH3 is 1. The average Bonchev–Trinajstić information content (AvgIpc) is 2.77. The Balaban J connectivity index is 2.13. The Bertz CT molecular complexity index is 425. The van der Waals surface area contributed by atoms with Crippen LogP contribution in [-0.4, -0.2) is 44.3 Å². The molecule has 0 unspecified atom stereocenters. The Morgan fingerprint density at radius 1 is 1.42 bits per heavy atom. The highest BCUT2D eigenvalue weighted by Gasteiger charge is 2.32. The van der Waals surface area contributed by atoms with Gasteiger partial charge in [0, 0.05) is 38.7 Å². The number of hydrogen-bond donors (Lipinski definition) is 1. The van der Waals surface area contributed by atoms with Crippen LogP contribution in [0.2, 0.25) is 0 Å². The van der Waals surface area contributed by atoms with E-state index < -0.39 is 0 Å². The fourth-order valence-electron chi connectivity index (χ4n) is 2.89. The van der Waals surface area contributed by atoms with Crippen LogP contribution in [0.3, 0.4) is 0 Å². The molecule has 106 valence electrons. The van der Waals surface area contributed by atoms with Crippen LogP contribution in [-0.2, 0) is 11.2 Å². The first kappa shape index (κ1) is 14.4. The smallest absolute Gasteiger partial charge is 0.123 e. The number of aryl methyl sites for hydroxylation is 1. The van der Waals surface area contributed by atoms with E-state index >= 15 is 0 Å². The maximum atomic E-state index is 13.3. The molecule has 1 aromatic rings. The minimum Gasteiger partial charge on any atom is -0.383 e. The van der Waals surface area contributed by atoms with Crippen LogP contribution < -0.4 is 5.73 Å². The summed E-state index contributed by atoms with van der Waals surface area (Å²) in [6.07, 6.45) is 0.842. The van der Waals surface area contributed by atoms with Gasteiger partial charge in [-0.2, -0.15) is 0 Å². The molecule has 1 saturated heterocycles. The zero-order chi connectivity index (χ0) is 13.8. The summed E-state index contributed by atoms with van der Waals surface area (Å²) in [6.45, 7) is 5.51. The van der Waals surface area contributed by atoms with Crippen molar-refractivity contribution in [3.05, 3.63) is 35.1 Å². The molecule has 1 heterocycles. The predicted octanol–water partition coefficient (Wildman–Crippen LogP) is 1.76. The molecule has 19 heavy (non-hydrogen) atoms. The third kappa shape index (κ3) is 3.32. The summed E-state index contributed by atoms with van der Waals surface area (Å²) in [6, 6.07) is 5.20. The third-order valence-corrected chi connectivity index (χ3v) is 3.94. The van der Waals surface area contributed by atoms with E-state index in [4.69, 9.17) is 10.5 Å². The van der Waals surface area contributed by atoms with Crippen molar-refractivity contribution in [1.29, 1.82) is 0 Å². The van der Waals surface area contributed by atoms with Gasteiger partial charge in [-0.1, -0.05) is 13.0 Å². The average molecular weight is 266 g/mol. The summed E-state index contributed by atoms with van der Waals surface area (Å²) in [4.78, 5) is 2.32. The molecule has 0 aromatic heterocycles. The molecule has 0 spiro atoms. The van der Waals surface area contributed by atoms with Crippen molar-refractivity contribution in [1.82, 2.24) is 4.90 Å². The molecule has 1 aromatic carbocycles. The molecule has 0 amide bonds. The quantitative estimate of drug-likeness (QED) is 0.882. The van der Waals surface area contributed by atoms with Gasteiger partial charge in [0.1, 0.15) is 5.82 Å². The minimum atomic E-state index is -0.164. The Labute approximate surface area is 114 Å². The van der Waals surface area contributed by atoms with Crippen LogP contribution in [0.25, 0.3) is 0 Å². The molecule has 0 bridgehead atoms. The van der Waals surface area contributed by atoms with Gasteiger partial charge in [-0.15, -0.1) is 0 Å². The maximum Gasteiger partial charge on any atom is 0.123 e. The molecule has 2 atom stereocenters. The van der Waals surface area contributed by atoms with Gasteiger partial charge in [0.25, 0.3) is 0 Å². The van der Waals surface area contributed by atoms with Gasteiger partial charge in [-0.25, -0.2) is 4.39 Å². The lowest BCUT2D eigenvalue weighted by Crippen LogP contribution is -2.30. The van der Waals surface area contributed by atoms with E-state index in [0.29, 0.717) is 5.92 Å². The van der Waals surface area contributed by atoms with Crippen LogP contribution in [0.1, 0.15) is 24.0 Å². The normalized spacial score (nSPS) is 24.0. The van der Waals surface area contributed by atoms with Crippen molar-refractivity contribution in [2.75, 3.05) is 33.4 Å². The largest absolute Gasteiger partial charge is 0.383 e. The topological polar surface area (TPSA) is 38.5 Å². The number of nitrogens with zero attached hydrogens (tertiary/aromatic N) is 1. The molecule has 2 rings (SSSR count). The van der Waals surface area contributed by atoms with Crippen molar-refractivity contribution < 1.29 is 9.13 Å². The van der Waals surface area contributed by atoms with Crippen molar-refractivity contribution in [2.45, 2.75) is 25.3 Å². The first-order chi connectivity index (χ1) is 9.15. The Morgan fingerprint density at radius 2 is 2.21 bits per heavy atom. The van der Waals surface area contributed by atoms with E-state index in [-0.39, 0.29) is 11.9 Å². The Hall–Kier alpha value is -0.970. The molecule has 1 aliphatic heterocycles. The monoisotopic (exact) mass is 266 g/mol. The number of benzene rings is 1. The summed E-state index contributed by atoms with van der Waals surface area (Å²) in [5, 5.41) is 0. The number of halogens is 1. The van der Waals surface area contributed by atoms with Crippen LogP contribution in [0, 0.1) is 5.82 Å². The van der Waals surface area contributed by atoms with E-state index in [9.17, 15) is 4.39 Å². The van der Waals surface area contributed by atoms with E-state index in [1.165, 1.54) is 5.56 Å². The van der Waals surface area contributed by atoms with Gasteiger partial charge in [0.15, 0.2) is 0 Å². The zero-order valence-electron chi connectivity index (χ0n) is 11.7. The highest BCUT2D eigenvalue weighted by atomic mass is 19.1. The molecule has 2 N–H and O–H groups in total. The lowest BCUT2D eigenvalue weighted by molar-refractivity contribution is 0.160. The van der Waals surface area contributed by atoms with E-state index in [2.05, 4.69) is 11.8 Å². The molecular weight excluding hydrogens is 243 g/mol. The van der Waals surface area contributed by atoms with Gasteiger partial charge < -0.3 is 10.5 Å². The Morgan fingerprint density at radius 3 is 2.89 bits per heavy atom. The van der Waals surface area contributed by atoms with Gasteiger partial charge in [-0.3, -0.25) is 4.90 Å². The minimum absolute atomic E-state index is 0.118. The van der Waals surface area contributed by atoms with Crippen molar-refractivity contribution in [2.24, 2.45) is 5.73 Å². The van der Waals surface area contributed by atoms with Gasteiger partial charge in [0.05, 0.1) is 6.61 Å². The fourth-order valence-corrected chi connectivity index (χ4v) is 2.89. The second kappa shape index (κ2) is 6.46. The van der Waals surface area contributed by atoms with E-state index in [0.717, 1.165) is 38.2 Å². The summed E-state index contributed by atoms with van der Waals surface area (Å²) < 4.78 is 18.4. The molecule has 4 heteroatoms. The SMILES string of the molecule is CCc1cc(F)ccc1[C@@H]1CN(CCOC)C[C@H]1N. The molecular formula is C15H23FN2O. The molecule has 0 saturated carbocycles. The van der Waals surface area contributed by atoms with Gasteiger partial charge >= 0.3 is 0 Å². The van der Waals surface area contributed by atoms with Crippen LogP contribution >= 0.6 is 0 Å². The lowest BCUT2D eigenvalue weighted by Gasteiger charge is -2.19. The van der Waals surface area contributed by atoms with Crippen LogP contribution in [0.15, 0.2) is 18.2 Å². The van der Waals surface area contributed by atoms with Crippen molar-refractivity contribution in [3.63, 3.8) is 0 Å². The van der Waals surface area contributed by atoms with Crippen LogP contribution in [0.4, 0.5) is 4.39 Å². The first-order valence-corrected chi connectivity index (χ1v) is 6.91. The molecule has 0 radical (unpaired) electrons. The highest BCUT2D eigenvalue weighted by Crippen LogP contribution is 2.29. The summed E-state index contributed by atoms with van der Waals surface area (Å²) >= 11 is 0. The third-order valence-electron chi connectivity index (χ3n) is 3.94. The fraction of sp³-hybridized carbons (Fsp3) is 0.600. The number of rotatable bonds is 5. The standard InChI is InChI=1S/C15H23FN2O/c1-3-11-8-12(16)4-5-13(11)14-9-18(6-7-19-2)10-15(14)17/h4-5,8,14-15H,3,6-7,9-10,17H2,1-2H3/t14-,15+/m0/s1. The van der Waals surface area contributed by atoms with Gasteiger partial charge in [0.2, 0.25) is 0 Å². The Kier molecular flexibility index (Phi) is 4.91. The van der Waals surface area contributed by atoms with Crippen LogP contribution in [0.5, 0.6) is 0 Å². The summed E-state index contributed by atoms with van der Waals surface area (Å²) in [5.74, 6) is 0.135. The molecule has 1 aliphatic rings. The van der Waals surface area contributed by atoms with Crippen molar-refractivity contribution >= 4 is 0 Å². The number of ether oxygens (including phenoxy) is 1. The van der Waals surface area contributed by atoms with E-state index in [1.807, 2.05) is 6.07 Å². The molecule has 0 aliphatic carbocycles. The number of likely N-dealkylation sites (tertiary alicyclic amines) is 1. The molecule has 1 fully saturated rings. The number of nitrogens with two attached hydrogens (primary N) is 1. The summed E-state index contributed by atoms with van der Waals surface area (Å²) in [7, 11) is 1.71. The zero-order valence-corrected chi connectivity index (χ0v) is 11.7. The van der Waals surface area contributed by atoms with Crippen molar-refractivity contribution in [3.8, 4) is 0 Å².